The highest BCUT2D eigenvalue weighted by molar-refractivity contribution is 5.46. The smallest absolute Gasteiger partial charge is 0.0931 e. The highest BCUT2D eigenvalue weighted by atomic mass is 16.3. The van der Waals surface area contributed by atoms with Crippen LogP contribution in [0.4, 0.5) is 5.69 Å². The lowest BCUT2D eigenvalue weighted by molar-refractivity contribution is 0.194. The first-order valence-corrected chi connectivity index (χ1v) is 7.98. The number of nitrogens with zero attached hydrogens (tertiary/aromatic N) is 2. The van der Waals surface area contributed by atoms with E-state index in [1.165, 1.54) is 37.8 Å². The van der Waals surface area contributed by atoms with E-state index in [0.717, 1.165) is 18.2 Å². The third-order valence-corrected chi connectivity index (χ3v) is 4.24. The molecule has 1 N–H and O–H groups in total. The van der Waals surface area contributed by atoms with E-state index in [0.29, 0.717) is 6.04 Å². The molecule has 0 radical (unpaired) electrons. The average Bonchev–Trinajstić information content (AvgIpc) is 2.93. The Hall–Kier alpha value is -1.09. The minimum atomic E-state index is -0.486. The number of rotatable bonds is 6. The van der Waals surface area contributed by atoms with E-state index in [1.807, 2.05) is 12.3 Å². The molecule has 112 valence electrons. The first-order valence-electron chi connectivity index (χ1n) is 7.98. The van der Waals surface area contributed by atoms with Crippen LogP contribution in [0.2, 0.25) is 0 Å². The second kappa shape index (κ2) is 7.07. The van der Waals surface area contributed by atoms with E-state index in [9.17, 15) is 5.11 Å². The van der Waals surface area contributed by atoms with Gasteiger partial charge >= 0.3 is 0 Å². The summed E-state index contributed by atoms with van der Waals surface area (Å²) in [5.74, 6) is 0.726. The molecule has 1 atom stereocenters. The molecule has 1 heterocycles. The van der Waals surface area contributed by atoms with E-state index in [1.54, 1.807) is 6.92 Å². The predicted octanol–water partition coefficient (Wildman–Crippen LogP) is 3.93. The van der Waals surface area contributed by atoms with Crippen molar-refractivity contribution in [3.8, 4) is 0 Å². The summed E-state index contributed by atoms with van der Waals surface area (Å²) in [6, 6.07) is 4.75. The van der Waals surface area contributed by atoms with Crippen LogP contribution in [0.15, 0.2) is 18.3 Å². The van der Waals surface area contributed by atoms with Crippen LogP contribution < -0.4 is 4.90 Å². The van der Waals surface area contributed by atoms with Gasteiger partial charge in [-0.15, -0.1) is 0 Å². The minimum Gasteiger partial charge on any atom is -0.387 e. The van der Waals surface area contributed by atoms with Gasteiger partial charge in [-0.05, 0) is 44.2 Å². The number of hydrogen-bond acceptors (Lipinski definition) is 3. The van der Waals surface area contributed by atoms with Crippen molar-refractivity contribution in [1.29, 1.82) is 0 Å². The summed E-state index contributed by atoms with van der Waals surface area (Å²) in [5.41, 5.74) is 1.96. The number of pyridine rings is 1. The number of aromatic nitrogens is 1. The maximum atomic E-state index is 9.56. The minimum absolute atomic E-state index is 0.486. The lowest BCUT2D eigenvalue weighted by Crippen LogP contribution is -2.34. The quantitative estimate of drug-likeness (QED) is 0.855. The molecule has 1 aliphatic carbocycles. The zero-order valence-electron chi connectivity index (χ0n) is 13.0. The van der Waals surface area contributed by atoms with Crippen LogP contribution in [0.5, 0.6) is 0 Å². The fourth-order valence-electron chi connectivity index (χ4n) is 2.95. The molecule has 0 unspecified atom stereocenters. The van der Waals surface area contributed by atoms with E-state index in [-0.39, 0.29) is 0 Å². The van der Waals surface area contributed by atoms with Gasteiger partial charge in [0, 0.05) is 12.6 Å². The molecule has 3 heteroatoms. The Morgan fingerprint density at radius 2 is 1.95 bits per heavy atom. The first-order chi connectivity index (χ1) is 9.58. The van der Waals surface area contributed by atoms with Crippen molar-refractivity contribution >= 4 is 5.69 Å². The van der Waals surface area contributed by atoms with Crippen LogP contribution in [0.25, 0.3) is 0 Å². The van der Waals surface area contributed by atoms with E-state index in [2.05, 4.69) is 29.8 Å². The van der Waals surface area contributed by atoms with Gasteiger partial charge in [0.2, 0.25) is 0 Å². The maximum absolute atomic E-state index is 9.56. The molecule has 1 aromatic heterocycles. The molecule has 3 nitrogen and oxygen atoms in total. The Morgan fingerprint density at radius 1 is 1.25 bits per heavy atom. The van der Waals surface area contributed by atoms with Crippen molar-refractivity contribution in [2.75, 3.05) is 11.4 Å². The van der Waals surface area contributed by atoms with Gasteiger partial charge in [-0.25, -0.2) is 0 Å². The summed E-state index contributed by atoms with van der Waals surface area (Å²) >= 11 is 0. The molecule has 1 saturated carbocycles. The van der Waals surface area contributed by atoms with Crippen LogP contribution in [-0.4, -0.2) is 22.7 Å². The van der Waals surface area contributed by atoms with Crippen molar-refractivity contribution in [2.45, 2.75) is 65.0 Å². The Balaban J connectivity index is 2.11. The van der Waals surface area contributed by atoms with Gasteiger partial charge < -0.3 is 10.0 Å². The van der Waals surface area contributed by atoms with E-state index < -0.39 is 6.10 Å². The van der Waals surface area contributed by atoms with Crippen molar-refractivity contribution in [3.05, 3.63) is 24.0 Å². The fraction of sp³-hybridized carbons (Fsp3) is 0.706. The first kappa shape index (κ1) is 15.3. The van der Waals surface area contributed by atoms with Crippen LogP contribution in [0, 0.1) is 5.92 Å². The highest BCUT2D eigenvalue weighted by Gasteiger charge is 2.23. The molecule has 0 amide bonds. The average molecular weight is 276 g/mol. The Bertz CT molecular complexity index is 394. The van der Waals surface area contributed by atoms with Gasteiger partial charge in [0.25, 0.3) is 0 Å². The van der Waals surface area contributed by atoms with Crippen LogP contribution in [-0.2, 0) is 0 Å². The highest BCUT2D eigenvalue weighted by Crippen LogP contribution is 2.29. The second-order valence-corrected chi connectivity index (χ2v) is 6.43. The zero-order valence-corrected chi connectivity index (χ0v) is 13.0. The van der Waals surface area contributed by atoms with Gasteiger partial charge in [-0.1, -0.05) is 26.7 Å². The molecule has 0 aliphatic heterocycles. The van der Waals surface area contributed by atoms with Gasteiger partial charge in [0.1, 0.15) is 0 Å². The van der Waals surface area contributed by atoms with Gasteiger partial charge in [-0.2, -0.15) is 0 Å². The topological polar surface area (TPSA) is 36.4 Å². The Kier molecular flexibility index (Phi) is 5.41. The summed E-state index contributed by atoms with van der Waals surface area (Å²) in [5, 5.41) is 9.56. The second-order valence-electron chi connectivity index (χ2n) is 6.43. The molecule has 1 aromatic rings. The van der Waals surface area contributed by atoms with Crippen molar-refractivity contribution < 1.29 is 5.11 Å². The largest absolute Gasteiger partial charge is 0.387 e. The lowest BCUT2D eigenvalue weighted by Gasteiger charge is -2.31. The lowest BCUT2D eigenvalue weighted by atomic mass is 10.1. The third-order valence-electron chi connectivity index (χ3n) is 4.24. The summed E-state index contributed by atoms with van der Waals surface area (Å²) < 4.78 is 0. The molecular weight excluding hydrogens is 248 g/mol. The molecule has 0 aromatic carbocycles. The van der Waals surface area contributed by atoms with Gasteiger partial charge in [-0.3, -0.25) is 4.98 Å². The van der Waals surface area contributed by atoms with Crippen LogP contribution in [0.3, 0.4) is 0 Å². The Labute approximate surface area is 123 Å². The number of anilines is 1. The normalized spacial score (nSPS) is 17.6. The fourth-order valence-corrected chi connectivity index (χ4v) is 2.95. The number of hydrogen-bond donors (Lipinski definition) is 1. The zero-order chi connectivity index (χ0) is 14.5. The number of aliphatic hydroxyl groups excluding tert-OH is 1. The maximum Gasteiger partial charge on any atom is 0.0931 e. The molecule has 0 spiro atoms. The standard InChI is InChI=1S/C17H28N2O/c1-13(2)10-11-19(15-6-4-5-7-15)16-8-9-17(14(3)20)18-12-16/h8-9,12-15,20H,4-7,10-11H2,1-3H3/t14-/m0/s1. The van der Waals surface area contributed by atoms with Gasteiger partial charge in [0.05, 0.1) is 23.7 Å². The molecule has 20 heavy (non-hydrogen) atoms. The predicted molar refractivity (Wildman–Crippen MR) is 83.9 cm³/mol. The Morgan fingerprint density at radius 3 is 2.45 bits per heavy atom. The molecule has 1 aliphatic rings. The third kappa shape index (κ3) is 3.95. The summed E-state index contributed by atoms with van der Waals surface area (Å²) in [4.78, 5) is 6.94. The monoisotopic (exact) mass is 276 g/mol. The summed E-state index contributed by atoms with van der Waals surface area (Å²) in [6.07, 6.45) is 7.96. The van der Waals surface area contributed by atoms with Crippen LogP contribution in [0.1, 0.15) is 64.7 Å². The van der Waals surface area contributed by atoms with Crippen LogP contribution >= 0.6 is 0 Å². The molecule has 0 saturated heterocycles. The summed E-state index contributed by atoms with van der Waals surface area (Å²) in [6.45, 7) is 7.43. The van der Waals surface area contributed by atoms with Gasteiger partial charge in [0.15, 0.2) is 0 Å². The van der Waals surface area contributed by atoms with E-state index in [4.69, 9.17) is 0 Å². The molecule has 2 rings (SSSR count). The molecule has 0 bridgehead atoms. The summed E-state index contributed by atoms with van der Waals surface area (Å²) in [7, 11) is 0. The molecular formula is C17H28N2O. The van der Waals surface area contributed by atoms with E-state index >= 15 is 0 Å². The molecule has 1 fully saturated rings. The van der Waals surface area contributed by atoms with Crippen molar-refractivity contribution in [1.82, 2.24) is 4.98 Å². The van der Waals surface area contributed by atoms with Crippen molar-refractivity contribution in [3.63, 3.8) is 0 Å². The van der Waals surface area contributed by atoms with Crippen molar-refractivity contribution in [2.24, 2.45) is 5.92 Å². The number of aliphatic hydroxyl groups is 1. The SMILES string of the molecule is CC(C)CCN(c1ccc([C@H](C)O)nc1)C1CCCC1.